The first-order valence-electron chi connectivity index (χ1n) is 5.70. The molecule has 0 bridgehead atoms. The van der Waals surface area contributed by atoms with Crippen LogP contribution in [0.5, 0.6) is 11.5 Å². The van der Waals surface area contributed by atoms with Crippen molar-refractivity contribution in [3.63, 3.8) is 0 Å². The Bertz CT molecular complexity index is 653. The third kappa shape index (κ3) is 1.76. The van der Waals surface area contributed by atoms with Gasteiger partial charge in [0.2, 0.25) is 0 Å². The molecule has 0 aliphatic rings. The Morgan fingerprint density at radius 1 is 0.667 bits per heavy atom. The van der Waals surface area contributed by atoms with Crippen LogP contribution in [-0.4, -0.2) is 14.2 Å². The van der Waals surface area contributed by atoms with Gasteiger partial charge < -0.3 is 9.47 Å². The van der Waals surface area contributed by atoms with E-state index in [1.54, 1.807) is 14.2 Å². The van der Waals surface area contributed by atoms with Crippen LogP contribution in [0, 0.1) is 12.1 Å². The second-order valence-electron chi connectivity index (χ2n) is 4.07. The monoisotopic (exact) mass is 236 g/mol. The second kappa shape index (κ2) is 4.22. The molecule has 0 saturated heterocycles. The summed E-state index contributed by atoms with van der Waals surface area (Å²) >= 11 is 0. The number of rotatable bonds is 2. The first-order chi connectivity index (χ1) is 8.80. The molecule has 3 aromatic carbocycles. The van der Waals surface area contributed by atoms with Gasteiger partial charge in [-0.05, 0) is 57.9 Å². The molecular formula is C16H12O2. The highest BCUT2D eigenvalue weighted by Gasteiger charge is 2.02. The summed E-state index contributed by atoms with van der Waals surface area (Å²) < 4.78 is 10.4. The van der Waals surface area contributed by atoms with E-state index in [2.05, 4.69) is 12.1 Å². The quantitative estimate of drug-likeness (QED) is 0.633. The highest BCUT2D eigenvalue weighted by Crippen LogP contribution is 2.27. The molecule has 0 aromatic heterocycles. The van der Waals surface area contributed by atoms with E-state index in [9.17, 15) is 0 Å². The Balaban J connectivity index is 2.28. The van der Waals surface area contributed by atoms with Crippen LogP contribution in [0.3, 0.4) is 0 Å². The number of hydrogen-bond donors (Lipinski definition) is 0. The number of hydrogen-bond acceptors (Lipinski definition) is 2. The molecule has 0 aliphatic carbocycles. The smallest absolute Gasteiger partial charge is 0.119 e. The van der Waals surface area contributed by atoms with E-state index in [-0.39, 0.29) is 0 Å². The molecule has 88 valence electrons. The fourth-order valence-corrected chi connectivity index (χ4v) is 2.02. The standard InChI is InChI=1S/C16H12O2/c1-17-15-5-3-11-8-14-10-16(18-2)6-4-12(14)7-13(11)9-15/h3-6,9-10H,1-2H3. The summed E-state index contributed by atoms with van der Waals surface area (Å²) in [5, 5.41) is 4.06. The minimum absolute atomic E-state index is 0.833. The fourth-order valence-electron chi connectivity index (χ4n) is 2.02. The minimum Gasteiger partial charge on any atom is -0.497 e. The van der Waals surface area contributed by atoms with Gasteiger partial charge in [-0.15, -0.1) is 0 Å². The SMILES string of the molecule is COc1ccc2[c]c3cc(OC)ccc3[c]c2c1. The highest BCUT2D eigenvalue weighted by molar-refractivity contribution is 5.97. The van der Waals surface area contributed by atoms with Gasteiger partial charge in [0.25, 0.3) is 0 Å². The Labute approximate surface area is 106 Å². The highest BCUT2D eigenvalue weighted by atomic mass is 16.5. The molecule has 0 atom stereocenters. The Kier molecular flexibility index (Phi) is 2.56. The van der Waals surface area contributed by atoms with Gasteiger partial charge in [-0.25, -0.2) is 0 Å². The van der Waals surface area contributed by atoms with E-state index in [1.807, 2.05) is 36.4 Å². The molecule has 18 heavy (non-hydrogen) atoms. The third-order valence-electron chi connectivity index (χ3n) is 2.99. The molecule has 2 radical (unpaired) electrons. The number of benzene rings is 3. The summed E-state index contributed by atoms with van der Waals surface area (Å²) in [6.07, 6.45) is 0. The average Bonchev–Trinajstić information content (AvgIpc) is 2.43. The van der Waals surface area contributed by atoms with Crippen molar-refractivity contribution in [3.05, 3.63) is 48.5 Å². The van der Waals surface area contributed by atoms with Crippen LogP contribution in [0.15, 0.2) is 36.4 Å². The van der Waals surface area contributed by atoms with Crippen LogP contribution in [-0.2, 0) is 0 Å². The number of fused-ring (bicyclic) bond motifs is 2. The molecular weight excluding hydrogens is 224 g/mol. The van der Waals surface area contributed by atoms with Gasteiger partial charge in [0.1, 0.15) is 11.5 Å². The average molecular weight is 236 g/mol. The molecule has 2 heteroatoms. The lowest BCUT2D eigenvalue weighted by Gasteiger charge is -2.05. The topological polar surface area (TPSA) is 18.5 Å². The molecule has 0 fully saturated rings. The van der Waals surface area contributed by atoms with Crippen LogP contribution in [0.1, 0.15) is 0 Å². The van der Waals surface area contributed by atoms with E-state index in [4.69, 9.17) is 9.47 Å². The van der Waals surface area contributed by atoms with Crippen molar-refractivity contribution in [1.82, 2.24) is 0 Å². The Hall–Kier alpha value is -2.22. The molecule has 0 aliphatic heterocycles. The van der Waals surface area contributed by atoms with Crippen LogP contribution in [0.25, 0.3) is 21.5 Å². The summed E-state index contributed by atoms with van der Waals surface area (Å²) in [5.74, 6) is 1.67. The van der Waals surface area contributed by atoms with Gasteiger partial charge in [0, 0.05) is 0 Å². The maximum Gasteiger partial charge on any atom is 0.119 e. The Morgan fingerprint density at radius 3 is 1.50 bits per heavy atom. The first-order valence-corrected chi connectivity index (χ1v) is 5.70. The zero-order valence-corrected chi connectivity index (χ0v) is 10.3. The first kappa shape index (κ1) is 10.9. The molecule has 0 N–H and O–H groups in total. The van der Waals surface area contributed by atoms with E-state index >= 15 is 0 Å². The van der Waals surface area contributed by atoms with Crippen molar-refractivity contribution < 1.29 is 9.47 Å². The zero-order chi connectivity index (χ0) is 12.5. The summed E-state index contributed by atoms with van der Waals surface area (Å²) in [5.41, 5.74) is 0. The summed E-state index contributed by atoms with van der Waals surface area (Å²) in [4.78, 5) is 0. The lowest BCUT2D eigenvalue weighted by Crippen LogP contribution is -1.85. The van der Waals surface area contributed by atoms with Gasteiger partial charge in [-0.1, -0.05) is 12.1 Å². The maximum absolute atomic E-state index is 5.22. The van der Waals surface area contributed by atoms with Crippen LogP contribution in [0.4, 0.5) is 0 Å². The fraction of sp³-hybridized carbons (Fsp3) is 0.125. The Morgan fingerprint density at radius 2 is 1.11 bits per heavy atom. The molecule has 2 nitrogen and oxygen atoms in total. The van der Waals surface area contributed by atoms with Crippen molar-refractivity contribution >= 4 is 21.5 Å². The maximum atomic E-state index is 5.22. The van der Waals surface area contributed by atoms with Crippen molar-refractivity contribution in [3.8, 4) is 11.5 Å². The van der Waals surface area contributed by atoms with E-state index in [1.165, 1.54) is 0 Å². The molecule has 0 heterocycles. The van der Waals surface area contributed by atoms with Crippen LogP contribution < -0.4 is 9.47 Å². The molecule has 3 rings (SSSR count). The van der Waals surface area contributed by atoms with E-state index < -0.39 is 0 Å². The van der Waals surface area contributed by atoms with E-state index in [0.717, 1.165) is 33.0 Å². The summed E-state index contributed by atoms with van der Waals surface area (Å²) in [6.45, 7) is 0. The lowest BCUT2D eigenvalue weighted by molar-refractivity contribution is 0.415. The lowest BCUT2D eigenvalue weighted by atomic mass is 10.0. The molecule has 0 spiro atoms. The van der Waals surface area contributed by atoms with Crippen molar-refractivity contribution in [1.29, 1.82) is 0 Å². The predicted molar refractivity (Wildman–Crippen MR) is 72.2 cm³/mol. The molecule has 0 saturated carbocycles. The summed E-state index contributed by atoms with van der Waals surface area (Å²) in [6, 6.07) is 18.5. The van der Waals surface area contributed by atoms with Crippen LogP contribution in [0.2, 0.25) is 0 Å². The van der Waals surface area contributed by atoms with Crippen molar-refractivity contribution in [2.24, 2.45) is 0 Å². The second-order valence-corrected chi connectivity index (χ2v) is 4.07. The zero-order valence-electron chi connectivity index (χ0n) is 10.3. The van der Waals surface area contributed by atoms with Gasteiger partial charge >= 0.3 is 0 Å². The molecule has 3 aromatic rings. The number of ether oxygens (including phenoxy) is 2. The molecule has 0 unspecified atom stereocenters. The normalized spacial score (nSPS) is 10.8. The largest absolute Gasteiger partial charge is 0.497 e. The molecule has 0 amide bonds. The van der Waals surface area contributed by atoms with Crippen molar-refractivity contribution in [2.45, 2.75) is 0 Å². The van der Waals surface area contributed by atoms with Crippen LogP contribution >= 0.6 is 0 Å². The number of methoxy groups -OCH3 is 2. The summed E-state index contributed by atoms with van der Waals surface area (Å²) in [7, 11) is 3.33. The van der Waals surface area contributed by atoms with E-state index in [0.29, 0.717) is 0 Å². The van der Waals surface area contributed by atoms with Gasteiger partial charge in [-0.3, -0.25) is 0 Å². The van der Waals surface area contributed by atoms with Gasteiger partial charge in [0.15, 0.2) is 0 Å². The van der Waals surface area contributed by atoms with Crippen molar-refractivity contribution in [2.75, 3.05) is 14.2 Å². The predicted octanol–water partition coefficient (Wildman–Crippen LogP) is 3.61. The van der Waals surface area contributed by atoms with Gasteiger partial charge in [-0.2, -0.15) is 0 Å². The third-order valence-corrected chi connectivity index (χ3v) is 2.99. The minimum atomic E-state index is 0.833. The van der Waals surface area contributed by atoms with Gasteiger partial charge in [0.05, 0.1) is 14.2 Å².